The average Bonchev–Trinajstić information content (AvgIpc) is 2.75. The predicted molar refractivity (Wildman–Crippen MR) is 79.1 cm³/mol. The molecule has 2 atom stereocenters. The van der Waals surface area contributed by atoms with Gasteiger partial charge in [0.25, 0.3) is 0 Å². The molecule has 1 aromatic rings. The highest BCUT2D eigenvalue weighted by Crippen LogP contribution is 2.47. The van der Waals surface area contributed by atoms with Crippen molar-refractivity contribution in [1.82, 2.24) is 5.32 Å². The summed E-state index contributed by atoms with van der Waals surface area (Å²) in [6.07, 6.45) is 6.31. The second-order valence-electron chi connectivity index (χ2n) is 5.55. The molecule has 0 radical (unpaired) electrons. The molecule has 0 aromatic carbocycles. The maximum absolute atomic E-state index is 6.03. The fraction of sp³-hybridized carbons (Fsp3) is 0.714. The molecular formula is C14H20BrNOS. The van der Waals surface area contributed by atoms with E-state index >= 15 is 0 Å². The normalized spacial score (nSPS) is 28.0. The molecule has 2 aliphatic rings. The van der Waals surface area contributed by atoms with Crippen LogP contribution in [0, 0.1) is 5.92 Å². The Morgan fingerprint density at radius 1 is 1.50 bits per heavy atom. The van der Waals surface area contributed by atoms with E-state index < -0.39 is 0 Å². The molecule has 18 heavy (non-hydrogen) atoms. The molecule has 100 valence electrons. The van der Waals surface area contributed by atoms with Gasteiger partial charge in [-0.25, -0.2) is 0 Å². The van der Waals surface area contributed by atoms with Crippen LogP contribution in [0.2, 0.25) is 0 Å². The first kappa shape index (κ1) is 13.1. The molecule has 2 unspecified atom stereocenters. The monoisotopic (exact) mass is 329 g/mol. The highest BCUT2D eigenvalue weighted by molar-refractivity contribution is 9.11. The Bertz CT molecular complexity index is 416. The molecule has 0 amide bonds. The van der Waals surface area contributed by atoms with E-state index in [-0.39, 0.29) is 5.60 Å². The largest absolute Gasteiger partial charge is 0.375 e. The van der Waals surface area contributed by atoms with Crippen molar-refractivity contribution in [1.29, 1.82) is 0 Å². The lowest BCUT2D eigenvalue weighted by atomic mass is 9.70. The number of rotatable bonds is 3. The van der Waals surface area contributed by atoms with Gasteiger partial charge in [-0.05, 0) is 73.1 Å². The van der Waals surface area contributed by atoms with Crippen LogP contribution in [0.3, 0.4) is 0 Å². The minimum atomic E-state index is 0.243. The molecule has 2 fully saturated rings. The Morgan fingerprint density at radius 3 is 2.89 bits per heavy atom. The zero-order chi connectivity index (χ0) is 12.6. The summed E-state index contributed by atoms with van der Waals surface area (Å²) < 4.78 is 7.26. The lowest BCUT2D eigenvalue weighted by molar-refractivity contribution is -0.147. The fourth-order valence-electron chi connectivity index (χ4n) is 3.38. The molecular weight excluding hydrogens is 310 g/mol. The summed E-state index contributed by atoms with van der Waals surface area (Å²) in [4.78, 5) is 1.45. The van der Waals surface area contributed by atoms with Crippen LogP contribution in [-0.4, -0.2) is 19.3 Å². The van der Waals surface area contributed by atoms with Gasteiger partial charge in [-0.3, -0.25) is 0 Å². The number of nitrogens with one attached hydrogen (secondary N) is 1. The van der Waals surface area contributed by atoms with Crippen LogP contribution in [-0.2, 0) is 4.74 Å². The first-order chi connectivity index (χ1) is 8.72. The van der Waals surface area contributed by atoms with Crippen molar-refractivity contribution >= 4 is 27.3 Å². The molecule has 3 rings (SSSR count). The third-order valence-electron chi connectivity index (χ3n) is 4.48. The number of ether oxygens (including phenoxy) is 1. The third kappa shape index (κ3) is 2.40. The van der Waals surface area contributed by atoms with Gasteiger partial charge in [0.1, 0.15) is 0 Å². The predicted octanol–water partition coefficient (Wildman–Crippen LogP) is 4.12. The summed E-state index contributed by atoms with van der Waals surface area (Å²) in [5, 5.41) is 3.52. The first-order valence-corrected chi connectivity index (χ1v) is 8.40. The van der Waals surface area contributed by atoms with Crippen LogP contribution in [0.1, 0.15) is 43.0 Å². The van der Waals surface area contributed by atoms with Gasteiger partial charge in [0, 0.05) is 17.5 Å². The van der Waals surface area contributed by atoms with E-state index in [0.29, 0.717) is 6.04 Å². The van der Waals surface area contributed by atoms with Crippen LogP contribution in [0.25, 0.3) is 0 Å². The molecule has 1 aliphatic carbocycles. The standard InChI is InChI=1S/C14H20BrNOS/c1-16-13(11-3-4-12(15)18-11)10-5-8-17-14(9-10)6-2-7-14/h3-4,10,13,16H,2,5-9H2,1H3. The van der Waals surface area contributed by atoms with Crippen LogP contribution in [0.5, 0.6) is 0 Å². The van der Waals surface area contributed by atoms with Crippen LogP contribution >= 0.6 is 27.3 Å². The highest BCUT2D eigenvalue weighted by Gasteiger charge is 2.44. The number of thiophene rings is 1. The fourth-order valence-corrected chi connectivity index (χ4v) is 5.00. The molecule has 1 aliphatic heterocycles. The minimum Gasteiger partial charge on any atom is -0.375 e. The van der Waals surface area contributed by atoms with Crippen LogP contribution < -0.4 is 5.32 Å². The molecule has 2 nitrogen and oxygen atoms in total. The topological polar surface area (TPSA) is 21.3 Å². The summed E-state index contributed by atoms with van der Waals surface area (Å²) >= 11 is 5.42. The van der Waals surface area contributed by atoms with E-state index in [2.05, 4.69) is 40.4 Å². The van der Waals surface area contributed by atoms with Gasteiger partial charge in [0.15, 0.2) is 0 Å². The van der Waals surface area contributed by atoms with Crippen LogP contribution in [0.15, 0.2) is 15.9 Å². The first-order valence-electron chi connectivity index (χ1n) is 6.79. The van der Waals surface area contributed by atoms with Crippen molar-refractivity contribution in [2.24, 2.45) is 5.92 Å². The zero-order valence-corrected chi connectivity index (χ0v) is 13.1. The van der Waals surface area contributed by atoms with Crippen molar-refractivity contribution in [2.75, 3.05) is 13.7 Å². The highest BCUT2D eigenvalue weighted by atomic mass is 79.9. The van der Waals surface area contributed by atoms with Gasteiger partial charge in [0.2, 0.25) is 0 Å². The quantitative estimate of drug-likeness (QED) is 0.900. The SMILES string of the molecule is CNC(c1ccc(Br)s1)C1CCOC2(CCC2)C1. The Morgan fingerprint density at radius 2 is 2.33 bits per heavy atom. The summed E-state index contributed by atoms with van der Waals surface area (Å²) in [7, 11) is 2.08. The average molecular weight is 330 g/mol. The van der Waals surface area contributed by atoms with Crippen molar-refractivity contribution in [3.05, 3.63) is 20.8 Å². The second-order valence-corrected chi connectivity index (χ2v) is 8.04. The van der Waals surface area contributed by atoms with Gasteiger partial charge in [0.05, 0.1) is 9.39 Å². The lowest BCUT2D eigenvalue weighted by Gasteiger charge is -2.48. The van der Waals surface area contributed by atoms with Crippen molar-refractivity contribution in [3.63, 3.8) is 0 Å². The zero-order valence-electron chi connectivity index (χ0n) is 10.7. The van der Waals surface area contributed by atoms with Gasteiger partial charge in [-0.15, -0.1) is 11.3 Å². The van der Waals surface area contributed by atoms with E-state index in [1.54, 1.807) is 0 Å². The smallest absolute Gasteiger partial charge is 0.0701 e. The van der Waals surface area contributed by atoms with Crippen molar-refractivity contribution in [3.8, 4) is 0 Å². The summed E-state index contributed by atoms with van der Waals surface area (Å²) in [6, 6.07) is 4.89. The van der Waals surface area contributed by atoms with E-state index in [4.69, 9.17) is 4.74 Å². The Kier molecular flexibility index (Phi) is 3.81. The van der Waals surface area contributed by atoms with Gasteiger partial charge in [-0.1, -0.05) is 0 Å². The number of hydrogen-bond donors (Lipinski definition) is 1. The maximum atomic E-state index is 6.03. The summed E-state index contributed by atoms with van der Waals surface area (Å²) in [5.41, 5.74) is 0.243. The van der Waals surface area contributed by atoms with Gasteiger partial charge in [-0.2, -0.15) is 0 Å². The molecule has 0 bridgehead atoms. The molecule has 4 heteroatoms. The Balaban J connectivity index is 1.75. The summed E-state index contributed by atoms with van der Waals surface area (Å²) in [6.45, 7) is 0.940. The van der Waals surface area contributed by atoms with Crippen molar-refractivity contribution < 1.29 is 4.74 Å². The van der Waals surface area contributed by atoms with E-state index in [1.165, 1.54) is 40.8 Å². The van der Waals surface area contributed by atoms with E-state index in [9.17, 15) is 0 Å². The second kappa shape index (κ2) is 5.23. The van der Waals surface area contributed by atoms with E-state index in [1.807, 2.05) is 11.3 Å². The Hall–Kier alpha value is 0.1000. The molecule has 1 aromatic heterocycles. The van der Waals surface area contributed by atoms with Crippen molar-refractivity contribution in [2.45, 2.75) is 43.7 Å². The number of hydrogen-bond acceptors (Lipinski definition) is 3. The third-order valence-corrected chi connectivity index (χ3v) is 6.19. The number of halogens is 1. The minimum absolute atomic E-state index is 0.243. The molecule has 1 saturated heterocycles. The lowest BCUT2D eigenvalue weighted by Crippen LogP contribution is -2.47. The maximum Gasteiger partial charge on any atom is 0.0701 e. The van der Waals surface area contributed by atoms with Crippen LogP contribution in [0.4, 0.5) is 0 Å². The van der Waals surface area contributed by atoms with Gasteiger partial charge < -0.3 is 10.1 Å². The van der Waals surface area contributed by atoms with Gasteiger partial charge >= 0.3 is 0 Å². The molecule has 1 spiro atoms. The molecule has 1 N–H and O–H groups in total. The summed E-state index contributed by atoms with van der Waals surface area (Å²) in [5.74, 6) is 0.717. The van der Waals surface area contributed by atoms with E-state index in [0.717, 1.165) is 12.5 Å². The molecule has 1 saturated carbocycles. The Labute approximate surface area is 121 Å². The molecule has 2 heterocycles.